The summed E-state index contributed by atoms with van der Waals surface area (Å²) in [4.78, 5) is 11.9. The van der Waals surface area contributed by atoms with Crippen LogP contribution in [0.4, 0.5) is 4.39 Å². The van der Waals surface area contributed by atoms with E-state index in [4.69, 9.17) is 10.5 Å². The molecule has 1 aliphatic carbocycles. The zero-order chi connectivity index (χ0) is 14.6. The number of carbonyl (C=O) groups is 1. The highest BCUT2D eigenvalue weighted by molar-refractivity contribution is 5.85. The summed E-state index contributed by atoms with van der Waals surface area (Å²) in [5, 5.41) is 3.00. The summed E-state index contributed by atoms with van der Waals surface area (Å²) < 4.78 is 18.1. The number of nitrogens with two attached hydrogens (primary N) is 1. The molecule has 1 atom stereocenters. The molecule has 1 amide bonds. The van der Waals surface area contributed by atoms with Crippen molar-refractivity contribution in [3.8, 4) is 5.75 Å². The molecule has 1 unspecified atom stereocenters. The number of benzene rings is 1. The van der Waals surface area contributed by atoms with E-state index in [1.165, 1.54) is 12.1 Å². The lowest BCUT2D eigenvalue weighted by atomic mass is 9.96. The van der Waals surface area contributed by atoms with Gasteiger partial charge in [0.15, 0.2) is 0 Å². The van der Waals surface area contributed by atoms with Crippen LogP contribution in [-0.4, -0.2) is 24.6 Å². The Morgan fingerprint density at radius 3 is 2.57 bits per heavy atom. The van der Waals surface area contributed by atoms with Gasteiger partial charge in [-0.15, -0.1) is 12.4 Å². The van der Waals surface area contributed by atoms with Crippen LogP contribution in [0.5, 0.6) is 5.75 Å². The molecule has 0 bridgehead atoms. The Bertz CT molecular complexity index is 465. The molecule has 1 aromatic carbocycles. The van der Waals surface area contributed by atoms with Crippen molar-refractivity contribution >= 4 is 18.3 Å². The minimum Gasteiger partial charge on any atom is -0.493 e. The van der Waals surface area contributed by atoms with Crippen LogP contribution in [0.25, 0.3) is 0 Å². The van der Waals surface area contributed by atoms with E-state index in [0.717, 1.165) is 12.8 Å². The van der Waals surface area contributed by atoms with Gasteiger partial charge in [0.1, 0.15) is 11.6 Å². The van der Waals surface area contributed by atoms with E-state index in [2.05, 4.69) is 5.32 Å². The van der Waals surface area contributed by atoms with Crippen LogP contribution >= 0.6 is 12.4 Å². The molecule has 6 heteroatoms. The zero-order valence-electron chi connectivity index (χ0n) is 12.1. The molecule has 0 spiro atoms. The third-order valence-corrected chi connectivity index (χ3v) is 3.74. The molecule has 4 nitrogen and oxygen atoms in total. The second-order valence-corrected chi connectivity index (χ2v) is 5.50. The van der Waals surface area contributed by atoms with Crippen molar-refractivity contribution in [3.63, 3.8) is 0 Å². The molecular weight excluding hydrogens is 295 g/mol. The Hall–Kier alpha value is -1.33. The van der Waals surface area contributed by atoms with Crippen LogP contribution in [-0.2, 0) is 4.79 Å². The summed E-state index contributed by atoms with van der Waals surface area (Å²) in [5.41, 5.74) is 5.45. The van der Waals surface area contributed by atoms with Gasteiger partial charge in [-0.05, 0) is 49.9 Å². The van der Waals surface area contributed by atoms with Gasteiger partial charge in [0, 0.05) is 6.54 Å². The smallest absolute Gasteiger partial charge is 0.223 e. The number of rotatable bonds is 7. The van der Waals surface area contributed by atoms with Crippen molar-refractivity contribution in [1.82, 2.24) is 5.32 Å². The van der Waals surface area contributed by atoms with Crippen molar-refractivity contribution in [2.24, 2.45) is 11.7 Å². The lowest BCUT2D eigenvalue weighted by molar-refractivity contribution is -0.123. The van der Waals surface area contributed by atoms with E-state index in [-0.39, 0.29) is 42.7 Å². The molecule has 1 saturated carbocycles. The largest absolute Gasteiger partial charge is 0.493 e. The van der Waals surface area contributed by atoms with E-state index in [1.54, 1.807) is 12.1 Å². The Kier molecular flexibility index (Phi) is 6.42. The van der Waals surface area contributed by atoms with Crippen LogP contribution in [0.15, 0.2) is 24.3 Å². The van der Waals surface area contributed by atoms with Gasteiger partial charge in [-0.1, -0.05) is 0 Å². The Morgan fingerprint density at radius 2 is 2.05 bits per heavy atom. The highest BCUT2D eigenvalue weighted by atomic mass is 35.5. The summed E-state index contributed by atoms with van der Waals surface area (Å²) in [5.74, 6) is 0.683. The first-order valence-electron chi connectivity index (χ1n) is 6.93. The summed E-state index contributed by atoms with van der Waals surface area (Å²) >= 11 is 0. The monoisotopic (exact) mass is 316 g/mol. The van der Waals surface area contributed by atoms with Crippen molar-refractivity contribution in [1.29, 1.82) is 0 Å². The molecule has 21 heavy (non-hydrogen) atoms. The first-order chi connectivity index (χ1) is 9.53. The highest BCUT2D eigenvalue weighted by Crippen LogP contribution is 2.38. The van der Waals surface area contributed by atoms with Crippen LogP contribution in [0.2, 0.25) is 0 Å². The van der Waals surface area contributed by atoms with Crippen molar-refractivity contribution in [2.75, 3.05) is 13.2 Å². The van der Waals surface area contributed by atoms with Crippen LogP contribution in [0.1, 0.15) is 26.2 Å². The lowest BCUT2D eigenvalue weighted by Crippen LogP contribution is -2.53. The summed E-state index contributed by atoms with van der Waals surface area (Å²) in [6.45, 7) is 2.70. The number of amides is 1. The molecule has 0 heterocycles. The Balaban J connectivity index is 0.00000220. The van der Waals surface area contributed by atoms with Gasteiger partial charge in [0.05, 0.1) is 18.6 Å². The summed E-state index contributed by atoms with van der Waals surface area (Å²) in [6, 6.07) is 5.74. The van der Waals surface area contributed by atoms with Gasteiger partial charge < -0.3 is 15.8 Å². The molecule has 118 valence electrons. The molecule has 3 N–H and O–H groups in total. The molecule has 0 radical (unpaired) electrons. The number of halogens is 2. The molecule has 1 aliphatic rings. The van der Waals surface area contributed by atoms with Gasteiger partial charge in [-0.2, -0.15) is 0 Å². The molecule has 0 aromatic heterocycles. The zero-order valence-corrected chi connectivity index (χ0v) is 12.9. The van der Waals surface area contributed by atoms with Gasteiger partial charge in [-0.25, -0.2) is 4.39 Å². The molecule has 1 aromatic rings. The Morgan fingerprint density at radius 1 is 1.43 bits per heavy atom. The predicted molar refractivity (Wildman–Crippen MR) is 82.1 cm³/mol. The van der Waals surface area contributed by atoms with Crippen molar-refractivity contribution < 1.29 is 13.9 Å². The number of hydrogen-bond donors (Lipinski definition) is 2. The fourth-order valence-electron chi connectivity index (χ4n) is 2.21. The topological polar surface area (TPSA) is 64.3 Å². The number of ether oxygens (including phenoxy) is 1. The first-order valence-corrected chi connectivity index (χ1v) is 6.93. The molecular formula is C15H22ClFN2O2. The molecule has 0 saturated heterocycles. The SMILES string of the molecule is CC(CN)(NC(=O)CCOc1ccc(F)cc1)C1CC1.Cl. The maximum Gasteiger partial charge on any atom is 0.223 e. The predicted octanol–water partition coefficient (Wildman–Crippen LogP) is 2.26. The third kappa shape index (κ3) is 5.17. The van der Waals surface area contributed by atoms with Gasteiger partial charge in [-0.3, -0.25) is 4.79 Å². The van der Waals surface area contributed by atoms with Crippen LogP contribution in [0.3, 0.4) is 0 Å². The maximum atomic E-state index is 12.7. The highest BCUT2D eigenvalue weighted by Gasteiger charge is 2.41. The quantitative estimate of drug-likeness (QED) is 0.811. The van der Waals surface area contributed by atoms with E-state index in [0.29, 0.717) is 18.2 Å². The number of hydrogen-bond acceptors (Lipinski definition) is 3. The maximum absolute atomic E-state index is 12.7. The molecule has 0 aliphatic heterocycles. The second-order valence-electron chi connectivity index (χ2n) is 5.50. The van der Waals surface area contributed by atoms with Gasteiger partial charge in [0.2, 0.25) is 5.91 Å². The van der Waals surface area contributed by atoms with Crippen LogP contribution in [0, 0.1) is 11.7 Å². The average Bonchev–Trinajstić information content (AvgIpc) is 3.25. The normalized spacial score (nSPS) is 16.5. The van der Waals surface area contributed by atoms with Crippen LogP contribution < -0.4 is 15.8 Å². The fraction of sp³-hybridized carbons (Fsp3) is 0.533. The van der Waals surface area contributed by atoms with Crippen molar-refractivity contribution in [2.45, 2.75) is 31.7 Å². The molecule has 2 rings (SSSR count). The first kappa shape index (κ1) is 17.7. The van der Waals surface area contributed by atoms with E-state index in [1.807, 2.05) is 6.92 Å². The summed E-state index contributed by atoms with van der Waals surface area (Å²) in [7, 11) is 0. The number of nitrogens with one attached hydrogen (secondary N) is 1. The van der Waals surface area contributed by atoms with E-state index in [9.17, 15) is 9.18 Å². The lowest BCUT2D eigenvalue weighted by Gasteiger charge is -2.29. The number of carbonyl (C=O) groups excluding carboxylic acids is 1. The average molecular weight is 317 g/mol. The minimum absolute atomic E-state index is 0. The standard InChI is InChI=1S/C15H21FN2O2.ClH/c1-15(10-17,11-2-3-11)18-14(19)8-9-20-13-6-4-12(16)5-7-13;/h4-7,11H,2-3,8-10,17H2,1H3,(H,18,19);1H. The minimum atomic E-state index is -0.307. The fourth-order valence-corrected chi connectivity index (χ4v) is 2.21. The van der Waals surface area contributed by atoms with E-state index < -0.39 is 0 Å². The third-order valence-electron chi connectivity index (χ3n) is 3.74. The summed E-state index contributed by atoms with van der Waals surface area (Å²) in [6.07, 6.45) is 2.51. The second kappa shape index (κ2) is 7.61. The van der Waals surface area contributed by atoms with Gasteiger partial charge >= 0.3 is 0 Å². The Labute approximate surface area is 130 Å². The van der Waals surface area contributed by atoms with Crippen molar-refractivity contribution in [3.05, 3.63) is 30.1 Å². The van der Waals surface area contributed by atoms with Gasteiger partial charge in [0.25, 0.3) is 0 Å². The molecule has 1 fully saturated rings. The van der Waals surface area contributed by atoms with E-state index >= 15 is 0 Å².